The largest absolute Gasteiger partial charge is 0.418 e. The van der Waals surface area contributed by atoms with Crippen molar-refractivity contribution in [1.29, 1.82) is 0 Å². The number of nitrogens with zero attached hydrogens (tertiary/aromatic N) is 2. The smallest absolute Gasteiger partial charge is 0.368 e. The van der Waals surface area contributed by atoms with Crippen molar-refractivity contribution in [3.63, 3.8) is 0 Å². The summed E-state index contributed by atoms with van der Waals surface area (Å²) in [6.07, 6.45) is -3.89. The van der Waals surface area contributed by atoms with Crippen molar-refractivity contribution in [3.8, 4) is 0 Å². The van der Waals surface area contributed by atoms with Crippen LogP contribution in [0, 0.1) is 0 Å². The molecule has 0 bridgehead atoms. The van der Waals surface area contributed by atoms with E-state index in [1.807, 2.05) is 0 Å². The van der Waals surface area contributed by atoms with Crippen LogP contribution in [0.1, 0.15) is 18.9 Å². The highest BCUT2D eigenvalue weighted by Gasteiger charge is 2.35. The van der Waals surface area contributed by atoms with Crippen LogP contribution in [0.25, 0.3) is 0 Å². The summed E-state index contributed by atoms with van der Waals surface area (Å²) in [6, 6.07) is 5.40. The van der Waals surface area contributed by atoms with Crippen molar-refractivity contribution in [2.75, 3.05) is 36.8 Å². The van der Waals surface area contributed by atoms with Crippen LogP contribution in [0.15, 0.2) is 24.3 Å². The minimum atomic E-state index is -4.41. The molecule has 0 saturated carbocycles. The number of hydrogen-bond acceptors (Lipinski definition) is 3. The van der Waals surface area contributed by atoms with Gasteiger partial charge in [-0.25, -0.2) is 8.42 Å². The summed E-state index contributed by atoms with van der Waals surface area (Å²) in [5.74, 6) is 0.0755. The van der Waals surface area contributed by atoms with E-state index < -0.39 is 21.8 Å². The van der Waals surface area contributed by atoms with E-state index >= 15 is 0 Å². The third-order valence-corrected chi connectivity index (χ3v) is 5.72. The lowest BCUT2D eigenvalue weighted by atomic mass is 10.1. The Hall–Kier alpha value is -1.28. The van der Waals surface area contributed by atoms with Gasteiger partial charge < -0.3 is 4.90 Å². The molecule has 0 atom stereocenters. The Balaban J connectivity index is 2.13. The maximum absolute atomic E-state index is 13.0. The molecule has 0 N–H and O–H groups in total. The standard InChI is InChI=1S/C14H19F3N2O2S/c1-2-11-22(20,21)19-9-7-18(8-10-19)13-6-4-3-5-12(13)14(15,16)17/h3-6H,2,7-11H2,1H3. The SMILES string of the molecule is CCCS(=O)(=O)N1CCN(c2ccccc2C(F)(F)F)CC1. The summed E-state index contributed by atoms with van der Waals surface area (Å²) in [6.45, 7) is 2.74. The molecule has 2 rings (SSSR count). The van der Waals surface area contributed by atoms with Gasteiger partial charge in [0.1, 0.15) is 0 Å². The quantitative estimate of drug-likeness (QED) is 0.848. The highest BCUT2D eigenvalue weighted by Crippen LogP contribution is 2.36. The zero-order valence-electron chi connectivity index (χ0n) is 12.3. The van der Waals surface area contributed by atoms with E-state index in [2.05, 4.69) is 0 Å². The lowest BCUT2D eigenvalue weighted by molar-refractivity contribution is -0.137. The molecule has 124 valence electrons. The van der Waals surface area contributed by atoms with Gasteiger partial charge in [-0.2, -0.15) is 17.5 Å². The summed E-state index contributed by atoms with van der Waals surface area (Å²) in [5, 5.41) is 0. The molecule has 1 aliphatic heterocycles. The first-order chi connectivity index (χ1) is 10.3. The third-order valence-electron chi connectivity index (χ3n) is 3.64. The first kappa shape index (κ1) is 17.1. The van der Waals surface area contributed by atoms with Gasteiger partial charge >= 0.3 is 6.18 Å². The predicted molar refractivity (Wildman–Crippen MR) is 79.3 cm³/mol. The van der Waals surface area contributed by atoms with Gasteiger partial charge in [0.25, 0.3) is 0 Å². The molecule has 4 nitrogen and oxygen atoms in total. The number of anilines is 1. The molecule has 0 unspecified atom stereocenters. The van der Waals surface area contributed by atoms with E-state index in [1.54, 1.807) is 17.9 Å². The lowest BCUT2D eigenvalue weighted by Crippen LogP contribution is -2.49. The Morgan fingerprint density at radius 3 is 2.23 bits per heavy atom. The van der Waals surface area contributed by atoms with Crippen molar-refractivity contribution in [1.82, 2.24) is 4.31 Å². The van der Waals surface area contributed by atoms with Gasteiger partial charge in [0.2, 0.25) is 10.0 Å². The van der Waals surface area contributed by atoms with Crippen LogP contribution in [0.3, 0.4) is 0 Å². The molecule has 8 heteroatoms. The molecule has 1 aliphatic rings. The minimum Gasteiger partial charge on any atom is -0.368 e. The van der Waals surface area contributed by atoms with Crippen molar-refractivity contribution < 1.29 is 21.6 Å². The predicted octanol–water partition coefficient (Wildman–Crippen LogP) is 2.57. The molecule has 22 heavy (non-hydrogen) atoms. The van der Waals surface area contributed by atoms with E-state index in [0.717, 1.165) is 6.07 Å². The zero-order valence-corrected chi connectivity index (χ0v) is 13.1. The Morgan fingerprint density at radius 1 is 1.09 bits per heavy atom. The van der Waals surface area contributed by atoms with Crippen molar-refractivity contribution in [3.05, 3.63) is 29.8 Å². The molecule has 0 amide bonds. The number of para-hydroxylation sites is 1. The fourth-order valence-electron chi connectivity index (χ4n) is 2.58. The molecular formula is C14H19F3N2O2S. The Labute approximate surface area is 128 Å². The average molecular weight is 336 g/mol. The number of sulfonamides is 1. The first-order valence-corrected chi connectivity index (χ1v) is 8.75. The first-order valence-electron chi connectivity index (χ1n) is 7.14. The van der Waals surface area contributed by atoms with Gasteiger partial charge in [0.15, 0.2) is 0 Å². The molecule has 1 saturated heterocycles. The molecule has 1 aromatic carbocycles. The summed E-state index contributed by atoms with van der Waals surface area (Å²) in [4.78, 5) is 1.60. The molecular weight excluding hydrogens is 317 g/mol. The Bertz CT molecular complexity index is 609. The Morgan fingerprint density at radius 2 is 1.68 bits per heavy atom. The molecule has 1 heterocycles. The molecule has 0 spiro atoms. The summed E-state index contributed by atoms with van der Waals surface area (Å²) < 4.78 is 64.4. The Kier molecular flexibility index (Phi) is 5.01. The summed E-state index contributed by atoms with van der Waals surface area (Å²) in [5.41, 5.74) is -0.567. The molecule has 1 fully saturated rings. The highest BCUT2D eigenvalue weighted by atomic mass is 32.2. The van der Waals surface area contributed by atoms with Gasteiger partial charge in [0.05, 0.1) is 11.3 Å². The number of rotatable bonds is 4. The molecule has 0 aliphatic carbocycles. The maximum atomic E-state index is 13.0. The van der Waals surface area contributed by atoms with E-state index in [-0.39, 0.29) is 37.6 Å². The second-order valence-electron chi connectivity index (χ2n) is 5.22. The second-order valence-corrected chi connectivity index (χ2v) is 7.31. The van der Waals surface area contributed by atoms with Crippen LogP contribution < -0.4 is 4.90 Å². The van der Waals surface area contributed by atoms with Crippen LogP contribution in [0.5, 0.6) is 0 Å². The van der Waals surface area contributed by atoms with Gasteiger partial charge in [-0.05, 0) is 18.6 Å². The molecule has 0 radical (unpaired) electrons. The van der Waals surface area contributed by atoms with Crippen LogP contribution in [-0.2, 0) is 16.2 Å². The van der Waals surface area contributed by atoms with Crippen molar-refractivity contribution >= 4 is 15.7 Å². The number of piperazine rings is 1. The van der Waals surface area contributed by atoms with E-state index in [4.69, 9.17) is 0 Å². The summed E-state index contributed by atoms with van der Waals surface area (Å²) >= 11 is 0. The van der Waals surface area contributed by atoms with Gasteiger partial charge in [-0.15, -0.1) is 0 Å². The average Bonchev–Trinajstić information content (AvgIpc) is 2.46. The molecule has 0 aromatic heterocycles. The van der Waals surface area contributed by atoms with Crippen molar-refractivity contribution in [2.24, 2.45) is 0 Å². The van der Waals surface area contributed by atoms with Gasteiger partial charge in [0, 0.05) is 31.9 Å². The summed E-state index contributed by atoms with van der Waals surface area (Å²) in [7, 11) is -3.29. The zero-order chi connectivity index (χ0) is 16.4. The van der Waals surface area contributed by atoms with Gasteiger partial charge in [-0.1, -0.05) is 19.1 Å². The lowest BCUT2D eigenvalue weighted by Gasteiger charge is -2.36. The van der Waals surface area contributed by atoms with Crippen LogP contribution in [0.4, 0.5) is 18.9 Å². The van der Waals surface area contributed by atoms with Crippen LogP contribution in [0.2, 0.25) is 0 Å². The van der Waals surface area contributed by atoms with E-state index in [9.17, 15) is 21.6 Å². The number of halogens is 3. The maximum Gasteiger partial charge on any atom is 0.418 e. The van der Waals surface area contributed by atoms with Crippen LogP contribution in [-0.4, -0.2) is 44.7 Å². The second kappa shape index (κ2) is 6.45. The normalized spacial score (nSPS) is 17.7. The van der Waals surface area contributed by atoms with Crippen molar-refractivity contribution in [2.45, 2.75) is 19.5 Å². The highest BCUT2D eigenvalue weighted by molar-refractivity contribution is 7.89. The fourth-order valence-corrected chi connectivity index (χ4v) is 4.08. The molecule has 1 aromatic rings. The van der Waals surface area contributed by atoms with E-state index in [1.165, 1.54) is 16.4 Å². The number of hydrogen-bond donors (Lipinski definition) is 0. The monoisotopic (exact) mass is 336 g/mol. The van der Waals surface area contributed by atoms with E-state index in [0.29, 0.717) is 6.42 Å². The number of alkyl halides is 3. The number of benzene rings is 1. The van der Waals surface area contributed by atoms with Crippen LogP contribution >= 0.6 is 0 Å². The third kappa shape index (κ3) is 3.73. The minimum absolute atomic E-state index is 0.0755. The fraction of sp³-hybridized carbons (Fsp3) is 0.571. The topological polar surface area (TPSA) is 40.6 Å². The van der Waals surface area contributed by atoms with Gasteiger partial charge in [-0.3, -0.25) is 0 Å².